The third kappa shape index (κ3) is 6.49. The summed E-state index contributed by atoms with van der Waals surface area (Å²) in [6, 6.07) is -4.20. The van der Waals surface area contributed by atoms with E-state index in [2.05, 4.69) is 29.8 Å². The number of ketones is 2. The van der Waals surface area contributed by atoms with Crippen LogP contribution in [0.4, 0.5) is 4.79 Å². The second kappa shape index (κ2) is 11.5. The number of Topliss-reactive ketones (excluding diaryl/α,β-unsaturated/α-hetero) is 2. The van der Waals surface area contributed by atoms with Gasteiger partial charge in [0, 0.05) is 6.54 Å². The van der Waals surface area contributed by atoms with Gasteiger partial charge in [0.25, 0.3) is 5.91 Å². The van der Waals surface area contributed by atoms with E-state index in [1.807, 2.05) is 34.6 Å². The topological polar surface area (TPSA) is 168 Å². The standard InChI is InChI=1S/C29H47N5O6/c1-9-29(8)17-13-34(21(19(17)29)25(38)31-18(12-16-10-11-16)22(36)24(30)37)26(39)23(28(5,6)7)33-27(40)32-20(14(2)3)15(4)35/h14,16-21,23H,9-13H2,1-8H3,(H2,30,37)(H,31,38)(H2,32,33,40)/t17-,18?,19-,20-,21-,23+,29?/m0/s1. The van der Waals surface area contributed by atoms with Gasteiger partial charge in [0.05, 0.1) is 12.1 Å². The second-order valence-corrected chi connectivity index (χ2v) is 13.6. The molecule has 11 nitrogen and oxygen atoms in total. The zero-order valence-electron chi connectivity index (χ0n) is 25.1. The van der Waals surface area contributed by atoms with Crippen LogP contribution in [0.25, 0.3) is 0 Å². The Hall–Kier alpha value is -2.98. The first-order valence-corrected chi connectivity index (χ1v) is 14.5. The molecule has 0 radical (unpaired) electrons. The van der Waals surface area contributed by atoms with E-state index >= 15 is 0 Å². The average molecular weight is 562 g/mol. The van der Waals surface area contributed by atoms with Gasteiger partial charge in [0.15, 0.2) is 5.78 Å². The first-order chi connectivity index (χ1) is 18.4. The molecule has 0 aromatic heterocycles. The molecule has 1 saturated heterocycles. The van der Waals surface area contributed by atoms with Crippen molar-refractivity contribution >= 4 is 35.3 Å². The number of rotatable bonds is 12. The van der Waals surface area contributed by atoms with Crippen LogP contribution in [0.3, 0.4) is 0 Å². The van der Waals surface area contributed by atoms with E-state index in [4.69, 9.17) is 5.73 Å². The van der Waals surface area contributed by atoms with Crippen molar-refractivity contribution in [2.24, 2.45) is 40.2 Å². The van der Waals surface area contributed by atoms with Gasteiger partial charge in [-0.2, -0.15) is 0 Å². The molecule has 3 rings (SSSR count). The highest BCUT2D eigenvalue weighted by molar-refractivity contribution is 6.37. The van der Waals surface area contributed by atoms with Crippen LogP contribution in [0, 0.1) is 34.5 Å². The van der Waals surface area contributed by atoms with Gasteiger partial charge in [-0.3, -0.25) is 24.0 Å². The number of nitrogens with one attached hydrogen (secondary N) is 3. The molecule has 1 heterocycles. The molecule has 0 aromatic rings. The zero-order valence-corrected chi connectivity index (χ0v) is 25.1. The maximum absolute atomic E-state index is 14.1. The normalized spacial score (nSPS) is 27.7. The fourth-order valence-electron chi connectivity index (χ4n) is 6.36. The van der Waals surface area contributed by atoms with Gasteiger partial charge in [-0.1, -0.05) is 67.7 Å². The summed E-state index contributed by atoms with van der Waals surface area (Å²) in [5, 5.41) is 8.21. The van der Waals surface area contributed by atoms with E-state index in [1.54, 1.807) is 0 Å². The van der Waals surface area contributed by atoms with Crippen LogP contribution in [-0.2, 0) is 24.0 Å². The highest BCUT2D eigenvalue weighted by atomic mass is 16.2. The minimum atomic E-state index is -1.10. The Labute approximate surface area is 237 Å². The van der Waals surface area contributed by atoms with Crippen molar-refractivity contribution in [2.45, 2.75) is 105 Å². The van der Waals surface area contributed by atoms with Crippen molar-refractivity contribution in [3.05, 3.63) is 0 Å². The number of amides is 5. The molecule has 7 atom stereocenters. The van der Waals surface area contributed by atoms with Crippen LogP contribution in [0.5, 0.6) is 0 Å². The predicted molar refractivity (Wildman–Crippen MR) is 149 cm³/mol. The van der Waals surface area contributed by atoms with Crippen molar-refractivity contribution in [1.29, 1.82) is 0 Å². The summed E-state index contributed by atoms with van der Waals surface area (Å²) >= 11 is 0. The molecule has 1 aliphatic heterocycles. The Morgan fingerprint density at radius 1 is 1.02 bits per heavy atom. The van der Waals surface area contributed by atoms with Gasteiger partial charge in [0.2, 0.25) is 17.6 Å². The van der Waals surface area contributed by atoms with E-state index in [9.17, 15) is 28.8 Å². The molecule has 2 unspecified atom stereocenters. The van der Waals surface area contributed by atoms with Crippen LogP contribution < -0.4 is 21.7 Å². The highest BCUT2D eigenvalue weighted by Crippen LogP contribution is 2.67. The number of hydrogen-bond acceptors (Lipinski definition) is 6. The Bertz CT molecular complexity index is 1060. The van der Waals surface area contributed by atoms with Gasteiger partial charge >= 0.3 is 6.03 Å². The average Bonchev–Trinajstić information content (AvgIpc) is 3.72. The first kappa shape index (κ1) is 31.5. The van der Waals surface area contributed by atoms with E-state index in [0.29, 0.717) is 13.0 Å². The summed E-state index contributed by atoms with van der Waals surface area (Å²) in [6.45, 7) is 15.0. The zero-order chi connectivity index (χ0) is 30.3. The molecule has 0 aromatic carbocycles. The van der Waals surface area contributed by atoms with Gasteiger partial charge in [-0.15, -0.1) is 0 Å². The number of carbonyl (C=O) groups excluding carboxylic acids is 6. The molecule has 3 aliphatic rings. The third-order valence-corrected chi connectivity index (χ3v) is 9.24. The largest absolute Gasteiger partial charge is 0.363 e. The molecule has 11 heteroatoms. The van der Waals surface area contributed by atoms with Gasteiger partial charge in [-0.05, 0) is 47.8 Å². The van der Waals surface area contributed by atoms with Gasteiger partial charge < -0.3 is 26.6 Å². The van der Waals surface area contributed by atoms with Crippen molar-refractivity contribution in [3.8, 4) is 0 Å². The Morgan fingerprint density at radius 3 is 2.08 bits per heavy atom. The third-order valence-electron chi connectivity index (χ3n) is 9.24. The quantitative estimate of drug-likeness (QED) is 0.264. The summed E-state index contributed by atoms with van der Waals surface area (Å²) < 4.78 is 0. The fourth-order valence-corrected chi connectivity index (χ4v) is 6.36. The monoisotopic (exact) mass is 561 g/mol. The van der Waals surface area contributed by atoms with E-state index in [-0.39, 0.29) is 34.9 Å². The lowest BCUT2D eigenvalue weighted by molar-refractivity contribution is -0.145. The number of carbonyl (C=O) groups is 6. The molecular weight excluding hydrogens is 514 g/mol. The molecule has 5 amide bonds. The smallest absolute Gasteiger partial charge is 0.316 e. The Balaban J connectivity index is 1.85. The SMILES string of the molecule is CCC1(C)[C@@H]2[C@@H](C(=O)NC(CC3CC3)C(=O)C(N)=O)N(C(=O)[C@@H](NC(=O)N[C@H](C(C)=O)C(C)C)C(C)(C)C)C[C@@H]21. The molecule has 2 saturated carbocycles. The molecular formula is C29H47N5O6. The van der Waals surface area contributed by atoms with Crippen LogP contribution in [0.1, 0.15) is 81.1 Å². The van der Waals surface area contributed by atoms with E-state index in [0.717, 1.165) is 19.3 Å². The van der Waals surface area contributed by atoms with Crippen molar-refractivity contribution in [3.63, 3.8) is 0 Å². The van der Waals surface area contributed by atoms with Crippen LogP contribution in [-0.4, -0.2) is 70.9 Å². The molecule has 0 bridgehead atoms. The van der Waals surface area contributed by atoms with Crippen LogP contribution in [0.15, 0.2) is 0 Å². The minimum absolute atomic E-state index is 0.100. The minimum Gasteiger partial charge on any atom is -0.363 e. The Kier molecular flexibility index (Phi) is 9.06. The lowest BCUT2D eigenvalue weighted by Gasteiger charge is -2.38. The molecule has 3 fully saturated rings. The van der Waals surface area contributed by atoms with Crippen molar-refractivity contribution < 1.29 is 28.8 Å². The summed E-state index contributed by atoms with van der Waals surface area (Å²) in [4.78, 5) is 78.6. The number of nitrogens with zero attached hydrogens (tertiary/aromatic N) is 1. The van der Waals surface area contributed by atoms with Crippen molar-refractivity contribution in [2.75, 3.05) is 6.54 Å². The second-order valence-electron chi connectivity index (χ2n) is 13.6. The number of piperidine rings is 1. The number of fused-ring (bicyclic) bond motifs is 1. The summed E-state index contributed by atoms with van der Waals surface area (Å²) in [7, 11) is 0. The maximum Gasteiger partial charge on any atom is 0.316 e. The fraction of sp³-hybridized carbons (Fsp3) is 0.793. The van der Waals surface area contributed by atoms with Crippen molar-refractivity contribution in [1.82, 2.24) is 20.9 Å². The molecule has 5 N–H and O–H groups in total. The van der Waals surface area contributed by atoms with Gasteiger partial charge in [-0.25, -0.2) is 4.79 Å². The molecule has 40 heavy (non-hydrogen) atoms. The number of primary amides is 1. The van der Waals surface area contributed by atoms with E-state index < -0.39 is 59.1 Å². The number of nitrogens with two attached hydrogens (primary N) is 1. The molecule has 224 valence electrons. The predicted octanol–water partition coefficient (Wildman–Crippen LogP) is 1.53. The van der Waals surface area contributed by atoms with Crippen LogP contribution >= 0.6 is 0 Å². The molecule has 2 aliphatic carbocycles. The van der Waals surface area contributed by atoms with Crippen LogP contribution in [0.2, 0.25) is 0 Å². The number of hydrogen-bond donors (Lipinski definition) is 4. The number of likely N-dealkylation sites (tertiary alicyclic amines) is 1. The summed E-state index contributed by atoms with van der Waals surface area (Å²) in [5.74, 6) is -2.90. The van der Waals surface area contributed by atoms with E-state index in [1.165, 1.54) is 11.8 Å². The lowest BCUT2D eigenvalue weighted by atomic mass is 9.85. The summed E-state index contributed by atoms with van der Waals surface area (Å²) in [5.41, 5.74) is 4.43. The maximum atomic E-state index is 14.1. The number of urea groups is 1. The first-order valence-electron chi connectivity index (χ1n) is 14.5. The van der Waals surface area contributed by atoms with Gasteiger partial charge in [0.1, 0.15) is 12.1 Å². The molecule has 0 spiro atoms. The highest BCUT2D eigenvalue weighted by Gasteiger charge is 2.71. The Morgan fingerprint density at radius 2 is 1.62 bits per heavy atom. The summed E-state index contributed by atoms with van der Waals surface area (Å²) in [6.07, 6.45) is 3.01. The lowest BCUT2D eigenvalue weighted by Crippen LogP contribution is -2.62.